The number of carbonyl (C=O) groups is 1. The molecule has 0 aliphatic carbocycles. The number of hydrogen-bond acceptors (Lipinski definition) is 4. The average molecular weight is 280 g/mol. The summed E-state index contributed by atoms with van der Waals surface area (Å²) in [5.74, 6) is -0.171. The number of carbonyl (C=O) groups excluding carboxylic acids is 1. The maximum Gasteiger partial charge on any atom is 0.253 e. The molecule has 0 aliphatic rings. The van der Waals surface area contributed by atoms with Crippen LogP contribution in [0.1, 0.15) is 28.4 Å². The molecule has 0 fully saturated rings. The third-order valence-electron chi connectivity index (χ3n) is 2.94. The van der Waals surface area contributed by atoms with Gasteiger partial charge in [0.25, 0.3) is 5.91 Å². The lowest BCUT2D eigenvalue weighted by atomic mass is 10.1. The molecule has 5 nitrogen and oxygen atoms in total. The van der Waals surface area contributed by atoms with Crippen LogP contribution in [-0.2, 0) is 6.54 Å². The van der Waals surface area contributed by atoms with E-state index in [9.17, 15) is 4.79 Å². The molecular weight excluding hydrogens is 264 g/mol. The quantitative estimate of drug-likeness (QED) is 0.881. The minimum atomic E-state index is -0.171. The van der Waals surface area contributed by atoms with Gasteiger partial charge in [0.05, 0.1) is 29.1 Å². The molecule has 5 heteroatoms. The van der Waals surface area contributed by atoms with E-state index < -0.39 is 0 Å². The standard InChI is InChI=1S/C16H16N4O/c1-2-19-15-11-18-7-6-14(15)16(21)20-10-13-5-3-4-12(8-13)9-17/h3-8,11,19H,2,10H2,1H3,(H,20,21). The maximum absolute atomic E-state index is 12.2. The molecule has 0 unspecified atom stereocenters. The van der Waals surface area contributed by atoms with Crippen LogP contribution in [0.4, 0.5) is 5.69 Å². The molecule has 106 valence electrons. The molecule has 1 amide bonds. The van der Waals surface area contributed by atoms with Gasteiger partial charge in [0.15, 0.2) is 0 Å². The average Bonchev–Trinajstić information content (AvgIpc) is 2.53. The van der Waals surface area contributed by atoms with Crippen LogP contribution in [0.3, 0.4) is 0 Å². The Kier molecular flexibility index (Phi) is 4.89. The normalized spacial score (nSPS) is 9.71. The molecular formula is C16H16N4O. The van der Waals surface area contributed by atoms with Crippen molar-refractivity contribution in [2.24, 2.45) is 0 Å². The minimum absolute atomic E-state index is 0.171. The summed E-state index contributed by atoms with van der Waals surface area (Å²) < 4.78 is 0. The maximum atomic E-state index is 12.2. The topological polar surface area (TPSA) is 77.8 Å². The lowest BCUT2D eigenvalue weighted by Gasteiger charge is -2.10. The highest BCUT2D eigenvalue weighted by molar-refractivity contribution is 5.99. The fourth-order valence-corrected chi connectivity index (χ4v) is 1.95. The van der Waals surface area contributed by atoms with Crippen LogP contribution in [0, 0.1) is 11.3 Å². The number of pyridine rings is 1. The highest BCUT2D eigenvalue weighted by Gasteiger charge is 2.10. The summed E-state index contributed by atoms with van der Waals surface area (Å²) in [6, 6.07) is 10.9. The predicted molar refractivity (Wildman–Crippen MR) is 80.7 cm³/mol. The minimum Gasteiger partial charge on any atom is -0.383 e. The van der Waals surface area contributed by atoms with Gasteiger partial charge in [-0.2, -0.15) is 5.26 Å². The fourth-order valence-electron chi connectivity index (χ4n) is 1.95. The summed E-state index contributed by atoms with van der Waals surface area (Å²) in [7, 11) is 0. The largest absolute Gasteiger partial charge is 0.383 e. The van der Waals surface area contributed by atoms with Gasteiger partial charge in [-0.1, -0.05) is 12.1 Å². The van der Waals surface area contributed by atoms with Crippen LogP contribution in [0.2, 0.25) is 0 Å². The molecule has 1 aromatic heterocycles. The SMILES string of the molecule is CCNc1cnccc1C(=O)NCc1cccc(C#N)c1. The number of rotatable bonds is 5. The Balaban J connectivity index is 2.06. The van der Waals surface area contributed by atoms with Gasteiger partial charge in [0.1, 0.15) is 0 Å². The Bertz CT molecular complexity index is 676. The van der Waals surface area contributed by atoms with Crippen LogP contribution in [0.25, 0.3) is 0 Å². The van der Waals surface area contributed by atoms with Crippen molar-refractivity contribution in [1.29, 1.82) is 5.26 Å². The van der Waals surface area contributed by atoms with Gasteiger partial charge in [-0.05, 0) is 30.7 Å². The molecule has 2 aromatic rings. The zero-order chi connectivity index (χ0) is 15.1. The summed E-state index contributed by atoms with van der Waals surface area (Å²) in [6.07, 6.45) is 3.22. The summed E-state index contributed by atoms with van der Waals surface area (Å²) in [5, 5.41) is 14.8. The van der Waals surface area contributed by atoms with Gasteiger partial charge in [-0.25, -0.2) is 0 Å². The van der Waals surface area contributed by atoms with E-state index in [1.165, 1.54) is 0 Å². The number of nitriles is 1. The van der Waals surface area contributed by atoms with E-state index in [2.05, 4.69) is 21.7 Å². The Morgan fingerprint density at radius 1 is 1.38 bits per heavy atom. The third-order valence-corrected chi connectivity index (χ3v) is 2.94. The summed E-state index contributed by atoms with van der Waals surface area (Å²) in [6.45, 7) is 3.06. The number of benzene rings is 1. The van der Waals surface area contributed by atoms with E-state index in [0.29, 0.717) is 23.4 Å². The van der Waals surface area contributed by atoms with E-state index >= 15 is 0 Å². The highest BCUT2D eigenvalue weighted by Crippen LogP contribution is 2.13. The van der Waals surface area contributed by atoms with Gasteiger partial charge < -0.3 is 10.6 Å². The van der Waals surface area contributed by atoms with Crippen molar-refractivity contribution in [3.63, 3.8) is 0 Å². The van der Waals surface area contributed by atoms with Gasteiger partial charge >= 0.3 is 0 Å². The molecule has 21 heavy (non-hydrogen) atoms. The van der Waals surface area contributed by atoms with E-state index in [1.807, 2.05) is 13.0 Å². The summed E-state index contributed by atoms with van der Waals surface area (Å²) >= 11 is 0. The first-order valence-electron chi connectivity index (χ1n) is 6.69. The lowest BCUT2D eigenvalue weighted by Crippen LogP contribution is -2.24. The molecule has 1 heterocycles. The van der Waals surface area contributed by atoms with E-state index in [4.69, 9.17) is 5.26 Å². The molecule has 0 saturated carbocycles. The van der Waals surface area contributed by atoms with Crippen molar-refractivity contribution in [2.45, 2.75) is 13.5 Å². The van der Waals surface area contributed by atoms with E-state index in [0.717, 1.165) is 12.1 Å². The second kappa shape index (κ2) is 7.06. The van der Waals surface area contributed by atoms with Crippen molar-refractivity contribution in [3.8, 4) is 6.07 Å². The Hall–Kier alpha value is -2.87. The van der Waals surface area contributed by atoms with E-state index in [-0.39, 0.29) is 5.91 Å². The molecule has 1 aromatic carbocycles. The first kappa shape index (κ1) is 14.5. The monoisotopic (exact) mass is 280 g/mol. The molecule has 0 saturated heterocycles. The van der Waals surface area contributed by atoms with Gasteiger partial charge in [0.2, 0.25) is 0 Å². The number of amides is 1. The van der Waals surface area contributed by atoms with Crippen molar-refractivity contribution in [2.75, 3.05) is 11.9 Å². The van der Waals surface area contributed by atoms with Crippen LogP contribution < -0.4 is 10.6 Å². The van der Waals surface area contributed by atoms with E-state index in [1.54, 1.807) is 36.7 Å². The molecule has 0 aliphatic heterocycles. The number of anilines is 1. The zero-order valence-corrected chi connectivity index (χ0v) is 11.8. The van der Waals surface area contributed by atoms with Crippen LogP contribution in [-0.4, -0.2) is 17.4 Å². The number of nitrogens with one attached hydrogen (secondary N) is 2. The second-order valence-electron chi connectivity index (χ2n) is 4.45. The number of hydrogen-bond donors (Lipinski definition) is 2. The summed E-state index contributed by atoms with van der Waals surface area (Å²) in [4.78, 5) is 16.2. The molecule has 0 radical (unpaired) electrons. The van der Waals surface area contributed by atoms with Crippen molar-refractivity contribution in [1.82, 2.24) is 10.3 Å². The van der Waals surface area contributed by atoms with Gasteiger partial charge in [-0.15, -0.1) is 0 Å². The second-order valence-corrected chi connectivity index (χ2v) is 4.45. The fraction of sp³-hybridized carbons (Fsp3) is 0.188. The lowest BCUT2D eigenvalue weighted by molar-refractivity contribution is 0.0951. The number of nitrogens with zero attached hydrogens (tertiary/aromatic N) is 2. The first-order valence-corrected chi connectivity index (χ1v) is 6.69. The van der Waals surface area contributed by atoms with Gasteiger partial charge in [0, 0.05) is 19.3 Å². The zero-order valence-electron chi connectivity index (χ0n) is 11.8. The predicted octanol–water partition coefficient (Wildman–Crippen LogP) is 2.32. The van der Waals surface area contributed by atoms with Crippen LogP contribution in [0.5, 0.6) is 0 Å². The molecule has 0 bridgehead atoms. The van der Waals surface area contributed by atoms with Crippen LogP contribution in [0.15, 0.2) is 42.7 Å². The number of aromatic nitrogens is 1. The van der Waals surface area contributed by atoms with Crippen molar-refractivity contribution in [3.05, 3.63) is 59.4 Å². The van der Waals surface area contributed by atoms with Crippen LogP contribution >= 0.6 is 0 Å². The summed E-state index contributed by atoms with van der Waals surface area (Å²) in [5.41, 5.74) is 2.74. The molecule has 0 spiro atoms. The van der Waals surface area contributed by atoms with Crippen molar-refractivity contribution >= 4 is 11.6 Å². The van der Waals surface area contributed by atoms with Gasteiger partial charge in [-0.3, -0.25) is 9.78 Å². The molecule has 0 atom stereocenters. The Labute approximate surface area is 123 Å². The smallest absolute Gasteiger partial charge is 0.253 e. The van der Waals surface area contributed by atoms with Crippen molar-refractivity contribution < 1.29 is 4.79 Å². The molecule has 2 rings (SSSR count). The Morgan fingerprint density at radius 3 is 3.00 bits per heavy atom. The molecule has 2 N–H and O–H groups in total. The third kappa shape index (κ3) is 3.80. The first-order chi connectivity index (χ1) is 10.2. The Morgan fingerprint density at radius 2 is 2.24 bits per heavy atom. The highest BCUT2D eigenvalue weighted by atomic mass is 16.1.